The number of nitrogens with zero attached hydrogens (tertiary/aromatic N) is 1. The molecule has 0 bridgehead atoms. The van der Waals surface area contributed by atoms with Crippen LogP contribution in [-0.4, -0.2) is 28.0 Å². The van der Waals surface area contributed by atoms with Crippen molar-refractivity contribution < 1.29 is 23.8 Å². The summed E-state index contributed by atoms with van der Waals surface area (Å²) in [5.74, 6) is -1.94. The molecular weight excluding hydrogens is 361 g/mol. The van der Waals surface area contributed by atoms with Crippen LogP contribution in [-0.2, 0) is 6.61 Å². The zero-order chi connectivity index (χ0) is 19.3. The zero-order valence-electron chi connectivity index (χ0n) is 14.3. The molecule has 1 heterocycles. The van der Waals surface area contributed by atoms with Crippen molar-refractivity contribution in [1.82, 2.24) is 9.69 Å². The van der Waals surface area contributed by atoms with Gasteiger partial charge in [-0.3, -0.25) is 5.32 Å². The SMILES string of the molecule is C=C(C)CNC(=O)Nc1snc(OCc2ccc(C)cc2F)c1C(=O)O. The lowest BCUT2D eigenvalue weighted by atomic mass is 10.1. The maximum atomic E-state index is 13.9. The Morgan fingerprint density at radius 2 is 2.15 bits per heavy atom. The molecule has 0 saturated heterocycles. The van der Waals surface area contributed by atoms with Crippen LogP contribution in [0.15, 0.2) is 30.4 Å². The quantitative estimate of drug-likeness (QED) is 0.639. The second kappa shape index (κ2) is 8.43. The first-order valence-electron chi connectivity index (χ1n) is 7.58. The van der Waals surface area contributed by atoms with E-state index in [0.717, 1.165) is 22.7 Å². The Bertz CT molecular complexity index is 851. The molecule has 2 amide bonds. The van der Waals surface area contributed by atoms with E-state index < -0.39 is 17.8 Å². The van der Waals surface area contributed by atoms with Gasteiger partial charge in [-0.2, -0.15) is 4.37 Å². The van der Waals surface area contributed by atoms with Gasteiger partial charge >= 0.3 is 12.0 Å². The Kier molecular flexibility index (Phi) is 6.29. The van der Waals surface area contributed by atoms with Gasteiger partial charge in [-0.15, -0.1) is 0 Å². The summed E-state index contributed by atoms with van der Waals surface area (Å²) in [5, 5.41) is 14.3. The van der Waals surface area contributed by atoms with Gasteiger partial charge in [-0.05, 0) is 37.0 Å². The Morgan fingerprint density at radius 1 is 1.42 bits per heavy atom. The summed E-state index contributed by atoms with van der Waals surface area (Å²) >= 11 is 0.765. The first-order chi connectivity index (χ1) is 12.3. The van der Waals surface area contributed by atoms with Crippen LogP contribution in [0.25, 0.3) is 0 Å². The third kappa shape index (κ3) is 5.03. The maximum absolute atomic E-state index is 13.9. The van der Waals surface area contributed by atoms with Gasteiger partial charge in [0.2, 0.25) is 5.88 Å². The summed E-state index contributed by atoms with van der Waals surface area (Å²) in [7, 11) is 0. The smallest absolute Gasteiger partial charge is 0.344 e. The third-order valence-electron chi connectivity index (χ3n) is 3.23. The second-order valence-electron chi connectivity index (χ2n) is 5.65. The molecule has 26 heavy (non-hydrogen) atoms. The monoisotopic (exact) mass is 379 g/mol. The van der Waals surface area contributed by atoms with Crippen LogP contribution in [0.5, 0.6) is 5.88 Å². The molecule has 2 aromatic rings. The third-order valence-corrected chi connectivity index (χ3v) is 3.97. The van der Waals surface area contributed by atoms with E-state index >= 15 is 0 Å². The molecule has 0 spiro atoms. The van der Waals surface area contributed by atoms with E-state index in [1.807, 2.05) is 0 Å². The molecule has 0 aliphatic carbocycles. The Morgan fingerprint density at radius 3 is 2.77 bits per heavy atom. The molecule has 7 nitrogen and oxygen atoms in total. The highest BCUT2D eigenvalue weighted by Crippen LogP contribution is 2.31. The summed E-state index contributed by atoms with van der Waals surface area (Å²) in [6.45, 7) is 7.22. The predicted octanol–water partition coefficient (Wildman–Crippen LogP) is 3.57. The number of carbonyl (C=O) groups is 2. The van der Waals surface area contributed by atoms with Gasteiger partial charge in [-0.1, -0.05) is 24.3 Å². The highest BCUT2D eigenvalue weighted by molar-refractivity contribution is 7.11. The lowest BCUT2D eigenvalue weighted by Gasteiger charge is -2.08. The summed E-state index contributed by atoms with van der Waals surface area (Å²) in [6, 6.07) is 4.05. The molecule has 0 aliphatic rings. The molecule has 9 heteroatoms. The lowest BCUT2D eigenvalue weighted by molar-refractivity contribution is 0.0693. The minimum atomic E-state index is -1.31. The van der Waals surface area contributed by atoms with Crippen molar-refractivity contribution in [2.75, 3.05) is 11.9 Å². The average Bonchev–Trinajstić information content (AvgIpc) is 2.95. The first-order valence-corrected chi connectivity index (χ1v) is 8.35. The number of rotatable bonds is 7. The topological polar surface area (TPSA) is 101 Å². The van der Waals surface area contributed by atoms with Crippen molar-refractivity contribution in [3.8, 4) is 5.88 Å². The zero-order valence-corrected chi connectivity index (χ0v) is 15.1. The average molecular weight is 379 g/mol. The number of carbonyl (C=O) groups excluding carboxylic acids is 1. The Labute approximate surface area is 153 Å². The van der Waals surface area contributed by atoms with Crippen LogP contribution in [0.1, 0.15) is 28.4 Å². The van der Waals surface area contributed by atoms with Crippen molar-refractivity contribution in [2.45, 2.75) is 20.5 Å². The van der Waals surface area contributed by atoms with Gasteiger partial charge in [0, 0.05) is 12.1 Å². The molecule has 0 radical (unpaired) electrons. The van der Waals surface area contributed by atoms with Gasteiger partial charge in [0.15, 0.2) is 5.56 Å². The number of aromatic nitrogens is 1. The number of ether oxygens (including phenoxy) is 1. The molecule has 0 fully saturated rings. The summed E-state index contributed by atoms with van der Waals surface area (Å²) in [5.41, 5.74) is 1.49. The largest absolute Gasteiger partial charge is 0.477 e. The number of benzene rings is 1. The molecule has 138 valence electrons. The molecule has 1 aromatic carbocycles. The van der Waals surface area contributed by atoms with Crippen LogP contribution in [0, 0.1) is 12.7 Å². The van der Waals surface area contributed by atoms with Crippen molar-refractivity contribution in [3.05, 3.63) is 52.9 Å². The lowest BCUT2D eigenvalue weighted by Crippen LogP contribution is -2.30. The standard InChI is InChI=1S/C17H18FN3O4S/c1-9(2)7-19-17(24)20-15-13(16(22)23)14(21-26-15)25-8-11-5-4-10(3)6-12(11)18/h4-6H,1,7-8H2,2-3H3,(H,22,23)(H2,19,20,24). The van der Waals surface area contributed by atoms with E-state index in [1.165, 1.54) is 6.07 Å². The van der Waals surface area contributed by atoms with Crippen molar-refractivity contribution >= 4 is 28.5 Å². The van der Waals surface area contributed by atoms with Gasteiger partial charge in [-0.25, -0.2) is 14.0 Å². The van der Waals surface area contributed by atoms with Crippen LogP contribution < -0.4 is 15.4 Å². The van der Waals surface area contributed by atoms with Crippen LogP contribution in [0.4, 0.5) is 14.2 Å². The molecule has 0 aliphatic heterocycles. The normalized spacial score (nSPS) is 10.3. The molecule has 0 saturated carbocycles. The van der Waals surface area contributed by atoms with Gasteiger partial charge in [0.25, 0.3) is 0 Å². The number of anilines is 1. The fourth-order valence-electron chi connectivity index (χ4n) is 1.94. The van der Waals surface area contributed by atoms with E-state index in [1.54, 1.807) is 26.0 Å². The highest BCUT2D eigenvalue weighted by atomic mass is 32.1. The molecule has 2 rings (SSSR count). The number of carboxylic acids is 1. The van der Waals surface area contributed by atoms with E-state index in [-0.39, 0.29) is 35.2 Å². The highest BCUT2D eigenvalue weighted by Gasteiger charge is 2.23. The summed E-state index contributed by atoms with van der Waals surface area (Å²) in [4.78, 5) is 23.3. The van der Waals surface area contributed by atoms with Gasteiger partial charge in [0.1, 0.15) is 17.4 Å². The Balaban J connectivity index is 2.12. The molecule has 0 unspecified atom stereocenters. The minimum absolute atomic E-state index is 0.0242. The van der Waals surface area contributed by atoms with Crippen LogP contribution >= 0.6 is 11.5 Å². The fourth-order valence-corrected chi connectivity index (χ4v) is 2.66. The fraction of sp³-hybridized carbons (Fsp3) is 0.235. The van der Waals surface area contributed by atoms with Crippen molar-refractivity contribution in [3.63, 3.8) is 0 Å². The number of halogens is 1. The number of urea groups is 1. The summed E-state index contributed by atoms with van der Waals surface area (Å²) in [6.07, 6.45) is 0. The number of nitrogens with one attached hydrogen (secondary N) is 2. The second-order valence-corrected chi connectivity index (χ2v) is 6.42. The number of aryl methyl sites for hydroxylation is 1. The van der Waals surface area contributed by atoms with E-state index in [2.05, 4.69) is 21.6 Å². The Hall–Kier alpha value is -2.94. The van der Waals surface area contributed by atoms with E-state index in [9.17, 15) is 19.1 Å². The maximum Gasteiger partial charge on any atom is 0.344 e. The number of hydrogen-bond acceptors (Lipinski definition) is 5. The number of aromatic carboxylic acids is 1. The van der Waals surface area contributed by atoms with Gasteiger partial charge in [0.05, 0.1) is 0 Å². The molecule has 0 atom stereocenters. The number of hydrogen-bond donors (Lipinski definition) is 3. The van der Waals surface area contributed by atoms with Crippen molar-refractivity contribution in [2.24, 2.45) is 0 Å². The van der Waals surface area contributed by atoms with Gasteiger partial charge < -0.3 is 15.2 Å². The minimum Gasteiger partial charge on any atom is -0.477 e. The number of carboxylic acid groups (broad SMARTS) is 1. The number of amides is 2. The first kappa shape index (κ1) is 19.4. The van der Waals surface area contributed by atoms with Crippen molar-refractivity contribution in [1.29, 1.82) is 0 Å². The molecule has 3 N–H and O–H groups in total. The summed E-state index contributed by atoms with van der Waals surface area (Å²) < 4.78 is 23.1. The van der Waals surface area contributed by atoms with E-state index in [0.29, 0.717) is 0 Å². The predicted molar refractivity (Wildman–Crippen MR) is 96.4 cm³/mol. The van der Waals surface area contributed by atoms with Crippen LogP contribution in [0.2, 0.25) is 0 Å². The molecule has 1 aromatic heterocycles. The van der Waals surface area contributed by atoms with E-state index in [4.69, 9.17) is 4.74 Å². The molecular formula is C17H18FN3O4S. The van der Waals surface area contributed by atoms with Crippen LogP contribution in [0.3, 0.4) is 0 Å².